The van der Waals surface area contributed by atoms with E-state index in [2.05, 4.69) is 5.32 Å². The van der Waals surface area contributed by atoms with Gasteiger partial charge in [0.1, 0.15) is 0 Å². The molecule has 4 heteroatoms. The number of fused-ring (bicyclic) bond motifs is 2. The van der Waals surface area contributed by atoms with Crippen LogP contribution in [0.2, 0.25) is 0 Å². The Labute approximate surface area is 137 Å². The molecule has 2 amide bonds. The van der Waals surface area contributed by atoms with Crippen LogP contribution in [0.4, 0.5) is 0 Å². The van der Waals surface area contributed by atoms with E-state index in [9.17, 15) is 9.59 Å². The molecular weight excluding hydrogens is 288 g/mol. The molecule has 1 aliphatic heterocycles. The summed E-state index contributed by atoms with van der Waals surface area (Å²) in [7, 11) is 0. The number of nitrogens with one attached hydrogen (secondary N) is 1. The van der Waals surface area contributed by atoms with Crippen molar-refractivity contribution in [3.05, 3.63) is 35.9 Å². The van der Waals surface area contributed by atoms with Gasteiger partial charge in [-0.15, -0.1) is 0 Å². The zero-order valence-corrected chi connectivity index (χ0v) is 13.4. The summed E-state index contributed by atoms with van der Waals surface area (Å²) in [4.78, 5) is 26.8. The molecule has 2 aliphatic carbocycles. The van der Waals surface area contributed by atoms with Crippen molar-refractivity contribution in [2.24, 2.45) is 17.8 Å². The van der Waals surface area contributed by atoms with Gasteiger partial charge in [-0.2, -0.15) is 0 Å². The molecule has 1 aromatic carbocycles. The zero-order chi connectivity index (χ0) is 15.8. The molecule has 1 N–H and O–H groups in total. The van der Waals surface area contributed by atoms with Crippen LogP contribution in [0.3, 0.4) is 0 Å². The fraction of sp³-hybridized carbons (Fsp3) is 0.579. The predicted molar refractivity (Wildman–Crippen MR) is 87.3 cm³/mol. The van der Waals surface area contributed by atoms with Gasteiger partial charge in [0.15, 0.2) is 0 Å². The molecule has 1 saturated heterocycles. The third-order valence-electron chi connectivity index (χ3n) is 5.94. The summed E-state index contributed by atoms with van der Waals surface area (Å²) >= 11 is 0. The first-order valence-corrected chi connectivity index (χ1v) is 8.82. The Hall–Kier alpha value is -1.84. The number of carbonyl (C=O) groups is 2. The number of nitrogens with zero attached hydrogens (tertiary/aromatic N) is 1. The number of rotatable bonds is 4. The van der Waals surface area contributed by atoms with Gasteiger partial charge < -0.3 is 10.2 Å². The maximum absolute atomic E-state index is 12.4. The maximum atomic E-state index is 12.4. The first-order chi connectivity index (χ1) is 11.2. The highest BCUT2D eigenvalue weighted by Gasteiger charge is 2.47. The van der Waals surface area contributed by atoms with E-state index in [1.165, 1.54) is 19.3 Å². The number of likely N-dealkylation sites (tertiary alicyclic amines) is 1. The van der Waals surface area contributed by atoms with Crippen LogP contribution in [0.1, 0.15) is 37.7 Å². The molecule has 0 radical (unpaired) electrons. The molecule has 4 nitrogen and oxygen atoms in total. The highest BCUT2D eigenvalue weighted by Crippen LogP contribution is 2.47. The van der Waals surface area contributed by atoms with E-state index >= 15 is 0 Å². The number of hydrogen-bond acceptors (Lipinski definition) is 2. The van der Waals surface area contributed by atoms with Crippen LogP contribution in [0.25, 0.3) is 0 Å². The lowest BCUT2D eigenvalue weighted by atomic mass is 9.94. The topological polar surface area (TPSA) is 49.4 Å². The Morgan fingerprint density at radius 3 is 2.70 bits per heavy atom. The quantitative estimate of drug-likeness (QED) is 0.928. The summed E-state index contributed by atoms with van der Waals surface area (Å²) in [5.74, 6) is 1.54. The highest BCUT2D eigenvalue weighted by molar-refractivity contribution is 5.89. The lowest BCUT2D eigenvalue weighted by Gasteiger charge is -2.31. The van der Waals surface area contributed by atoms with Crippen molar-refractivity contribution < 1.29 is 9.59 Å². The van der Waals surface area contributed by atoms with Gasteiger partial charge in [-0.3, -0.25) is 9.59 Å². The zero-order valence-electron chi connectivity index (χ0n) is 13.4. The summed E-state index contributed by atoms with van der Waals surface area (Å²) in [6.07, 6.45) is 5.44. The van der Waals surface area contributed by atoms with Gasteiger partial charge in [-0.05, 0) is 36.7 Å². The Bertz CT molecular complexity index is 601. The monoisotopic (exact) mass is 312 g/mol. The van der Waals surface area contributed by atoms with E-state index in [0.717, 1.165) is 17.9 Å². The standard InChI is InChI=1S/C19H24N2O2/c22-18-10-16(19(23)20-11-13-4-2-1-3-5-13)12-21(18)17-9-14-6-7-15(17)8-14/h1-5,14-17H,6-12H2,(H,20,23)/t14-,15-,16-,17-/m0/s1. The molecule has 3 aliphatic rings. The fourth-order valence-corrected chi connectivity index (χ4v) is 4.75. The minimum Gasteiger partial charge on any atom is -0.352 e. The van der Waals surface area contributed by atoms with Gasteiger partial charge in [0.25, 0.3) is 0 Å². The Morgan fingerprint density at radius 2 is 2.00 bits per heavy atom. The van der Waals surface area contributed by atoms with Gasteiger partial charge in [0.2, 0.25) is 11.8 Å². The minimum absolute atomic E-state index is 0.0212. The van der Waals surface area contributed by atoms with Crippen molar-refractivity contribution >= 4 is 11.8 Å². The van der Waals surface area contributed by atoms with Crippen LogP contribution in [0.15, 0.2) is 30.3 Å². The summed E-state index contributed by atoms with van der Waals surface area (Å²) in [6.45, 7) is 1.16. The summed E-state index contributed by atoms with van der Waals surface area (Å²) in [5.41, 5.74) is 1.09. The highest BCUT2D eigenvalue weighted by atomic mass is 16.2. The minimum atomic E-state index is -0.176. The molecule has 3 fully saturated rings. The van der Waals surface area contributed by atoms with E-state index in [4.69, 9.17) is 0 Å². The van der Waals surface area contributed by atoms with E-state index in [1.807, 2.05) is 35.2 Å². The average molecular weight is 312 g/mol. The Kier molecular flexibility index (Phi) is 3.83. The Balaban J connectivity index is 1.33. The van der Waals surface area contributed by atoms with Gasteiger partial charge in [0.05, 0.1) is 5.92 Å². The molecule has 1 heterocycles. The van der Waals surface area contributed by atoms with Gasteiger partial charge in [0, 0.05) is 25.6 Å². The van der Waals surface area contributed by atoms with E-state index < -0.39 is 0 Å². The van der Waals surface area contributed by atoms with Crippen molar-refractivity contribution in [2.75, 3.05) is 6.54 Å². The molecule has 1 aromatic rings. The average Bonchev–Trinajstić information content (AvgIpc) is 3.28. The molecule has 122 valence electrons. The number of benzene rings is 1. The van der Waals surface area contributed by atoms with Crippen molar-refractivity contribution in [1.82, 2.24) is 10.2 Å². The number of hydrogen-bond donors (Lipinski definition) is 1. The van der Waals surface area contributed by atoms with Crippen molar-refractivity contribution in [3.8, 4) is 0 Å². The molecule has 0 unspecified atom stereocenters. The van der Waals surface area contributed by atoms with Crippen LogP contribution in [-0.4, -0.2) is 29.3 Å². The first kappa shape index (κ1) is 14.7. The predicted octanol–water partition coefficient (Wildman–Crippen LogP) is 2.34. The second kappa shape index (κ2) is 5.99. The van der Waals surface area contributed by atoms with Crippen LogP contribution >= 0.6 is 0 Å². The summed E-state index contributed by atoms with van der Waals surface area (Å²) in [5, 5.41) is 2.99. The second-order valence-electron chi connectivity index (χ2n) is 7.39. The first-order valence-electron chi connectivity index (χ1n) is 8.82. The normalized spacial score (nSPS) is 32.5. The molecule has 0 aromatic heterocycles. The van der Waals surface area contributed by atoms with E-state index in [1.54, 1.807) is 0 Å². The molecule has 2 bridgehead atoms. The lowest BCUT2D eigenvalue weighted by molar-refractivity contribution is -0.131. The van der Waals surface area contributed by atoms with Crippen LogP contribution in [0, 0.1) is 17.8 Å². The smallest absolute Gasteiger partial charge is 0.225 e. The van der Waals surface area contributed by atoms with Crippen LogP contribution in [-0.2, 0) is 16.1 Å². The number of amides is 2. The van der Waals surface area contributed by atoms with Crippen LogP contribution < -0.4 is 5.32 Å². The van der Waals surface area contributed by atoms with Crippen molar-refractivity contribution in [3.63, 3.8) is 0 Å². The fourth-order valence-electron chi connectivity index (χ4n) is 4.75. The van der Waals surface area contributed by atoms with E-state index in [-0.39, 0.29) is 17.7 Å². The molecule has 0 spiro atoms. The third-order valence-corrected chi connectivity index (χ3v) is 5.94. The summed E-state index contributed by atoms with van der Waals surface area (Å²) in [6, 6.07) is 10.3. The van der Waals surface area contributed by atoms with E-state index in [0.29, 0.717) is 31.5 Å². The maximum Gasteiger partial charge on any atom is 0.225 e. The largest absolute Gasteiger partial charge is 0.352 e. The summed E-state index contributed by atoms with van der Waals surface area (Å²) < 4.78 is 0. The van der Waals surface area contributed by atoms with Crippen LogP contribution in [0.5, 0.6) is 0 Å². The van der Waals surface area contributed by atoms with Gasteiger partial charge in [-0.25, -0.2) is 0 Å². The number of carbonyl (C=O) groups excluding carboxylic acids is 2. The lowest BCUT2D eigenvalue weighted by Crippen LogP contribution is -2.41. The second-order valence-corrected chi connectivity index (χ2v) is 7.39. The van der Waals surface area contributed by atoms with Gasteiger partial charge in [-0.1, -0.05) is 36.8 Å². The Morgan fingerprint density at radius 1 is 1.17 bits per heavy atom. The molecule has 2 saturated carbocycles. The third kappa shape index (κ3) is 2.87. The van der Waals surface area contributed by atoms with Crippen molar-refractivity contribution in [2.45, 2.75) is 44.7 Å². The molecular formula is C19H24N2O2. The molecule has 4 rings (SSSR count). The van der Waals surface area contributed by atoms with Crippen molar-refractivity contribution in [1.29, 1.82) is 0 Å². The SMILES string of the molecule is O=C(NCc1ccccc1)[C@H]1CC(=O)N([C@H]2C[C@H]3CC[C@H]2C3)C1. The molecule has 23 heavy (non-hydrogen) atoms. The van der Waals surface area contributed by atoms with Gasteiger partial charge >= 0.3 is 0 Å². The molecule has 4 atom stereocenters.